The van der Waals surface area contributed by atoms with Crippen molar-refractivity contribution in [3.63, 3.8) is 0 Å². The highest BCUT2D eigenvalue weighted by Crippen LogP contribution is 2.25. The Morgan fingerprint density at radius 2 is 2.00 bits per heavy atom. The molecule has 0 unspecified atom stereocenters. The monoisotopic (exact) mass is 421 g/mol. The molecule has 0 amide bonds. The third-order valence-corrected chi connectivity index (χ3v) is 5.39. The van der Waals surface area contributed by atoms with E-state index < -0.39 is 0 Å². The van der Waals surface area contributed by atoms with Gasteiger partial charge in [-0.25, -0.2) is 4.98 Å². The number of benzene rings is 1. The second-order valence-corrected chi connectivity index (χ2v) is 8.42. The molecule has 1 saturated carbocycles. The van der Waals surface area contributed by atoms with Crippen LogP contribution in [-0.4, -0.2) is 38.7 Å². The first-order valence-corrected chi connectivity index (χ1v) is 10.6. The first-order chi connectivity index (χ1) is 15.0. The molecule has 0 atom stereocenters. The minimum atomic E-state index is 0.0315. The van der Waals surface area contributed by atoms with Crippen molar-refractivity contribution in [1.29, 1.82) is 0 Å². The number of rotatable bonds is 9. The molecule has 1 aliphatic rings. The van der Waals surface area contributed by atoms with Crippen molar-refractivity contribution in [2.24, 2.45) is 5.92 Å². The zero-order valence-electron chi connectivity index (χ0n) is 18.0. The van der Waals surface area contributed by atoms with Gasteiger partial charge in [-0.1, -0.05) is 31.1 Å². The molecule has 2 heterocycles. The number of nitrogens with one attached hydrogen (secondary N) is 1. The van der Waals surface area contributed by atoms with E-state index in [0.717, 1.165) is 36.2 Å². The normalized spacial score (nSPS) is 18.1. The average Bonchev–Trinajstić information content (AvgIpc) is 3.19. The van der Waals surface area contributed by atoms with Crippen LogP contribution in [0.5, 0.6) is 0 Å². The molecule has 8 heteroatoms. The largest absolute Gasteiger partial charge is 0.464 e. The van der Waals surface area contributed by atoms with Crippen LogP contribution < -0.4 is 5.32 Å². The fraction of sp³-hybridized carbons (Fsp3) is 0.435. The van der Waals surface area contributed by atoms with E-state index in [1.165, 1.54) is 5.56 Å². The molecule has 1 aliphatic carbocycles. The van der Waals surface area contributed by atoms with Crippen molar-refractivity contribution in [3.05, 3.63) is 47.4 Å². The summed E-state index contributed by atoms with van der Waals surface area (Å²) in [6, 6.07) is 8.54. The van der Waals surface area contributed by atoms with Gasteiger partial charge in [-0.2, -0.15) is 4.98 Å². The number of hydrogen-bond donors (Lipinski definition) is 1. The molecule has 0 saturated heterocycles. The molecule has 4 rings (SSSR count). The highest BCUT2D eigenvalue weighted by molar-refractivity contribution is 5.58. The number of carbonyl (C=O) groups is 1. The van der Waals surface area contributed by atoms with Gasteiger partial charge in [0.25, 0.3) is 12.4 Å². The summed E-state index contributed by atoms with van der Waals surface area (Å²) in [5.41, 5.74) is 4.37. The smallest absolute Gasteiger partial charge is 0.293 e. The molecule has 0 spiro atoms. The van der Waals surface area contributed by atoms with Gasteiger partial charge in [0.05, 0.1) is 17.6 Å². The molecule has 31 heavy (non-hydrogen) atoms. The van der Waals surface area contributed by atoms with Crippen molar-refractivity contribution in [3.8, 4) is 23.0 Å². The highest BCUT2D eigenvalue weighted by Gasteiger charge is 2.30. The second-order valence-electron chi connectivity index (χ2n) is 8.42. The maximum atomic E-state index is 10.3. The van der Waals surface area contributed by atoms with Gasteiger partial charge < -0.3 is 14.6 Å². The lowest BCUT2D eigenvalue weighted by molar-refractivity contribution is -0.138. The van der Waals surface area contributed by atoms with Crippen molar-refractivity contribution >= 4 is 6.47 Å². The summed E-state index contributed by atoms with van der Waals surface area (Å²) in [6.07, 6.45) is 4.45. The average molecular weight is 422 g/mol. The maximum absolute atomic E-state index is 10.3. The van der Waals surface area contributed by atoms with Crippen LogP contribution in [-0.2, 0) is 22.5 Å². The van der Waals surface area contributed by atoms with Crippen LogP contribution >= 0.6 is 0 Å². The van der Waals surface area contributed by atoms with E-state index in [-0.39, 0.29) is 6.10 Å². The van der Waals surface area contributed by atoms with Crippen LogP contribution in [0, 0.1) is 12.8 Å². The number of aryl methyl sites for hydroxylation is 1. The third kappa shape index (κ3) is 5.14. The predicted octanol–water partition coefficient (Wildman–Crippen LogP) is 3.49. The quantitative estimate of drug-likeness (QED) is 0.524. The Kier molecular flexibility index (Phi) is 6.36. The van der Waals surface area contributed by atoms with Crippen molar-refractivity contribution in [2.75, 3.05) is 0 Å². The van der Waals surface area contributed by atoms with E-state index in [9.17, 15) is 4.79 Å². The third-order valence-electron chi connectivity index (χ3n) is 5.39. The first kappa shape index (κ1) is 21.1. The van der Waals surface area contributed by atoms with E-state index in [2.05, 4.69) is 51.4 Å². The Hall–Kier alpha value is -3.13. The molecular weight excluding hydrogens is 394 g/mol. The summed E-state index contributed by atoms with van der Waals surface area (Å²) in [5.74, 6) is 1.51. The number of carbonyl (C=O) groups excluding carboxylic acids is 1. The minimum Gasteiger partial charge on any atom is -0.464 e. The number of ether oxygens (including phenoxy) is 1. The van der Waals surface area contributed by atoms with E-state index >= 15 is 0 Å². The molecule has 8 nitrogen and oxygen atoms in total. The fourth-order valence-electron chi connectivity index (χ4n) is 3.70. The van der Waals surface area contributed by atoms with E-state index in [4.69, 9.17) is 9.26 Å². The minimum absolute atomic E-state index is 0.0315. The Bertz CT molecular complexity index is 1030. The summed E-state index contributed by atoms with van der Waals surface area (Å²) in [7, 11) is 0. The van der Waals surface area contributed by atoms with Crippen molar-refractivity contribution < 1.29 is 14.1 Å². The number of nitrogens with zero attached hydrogens (tertiary/aromatic N) is 4. The zero-order chi connectivity index (χ0) is 21.8. The van der Waals surface area contributed by atoms with Gasteiger partial charge in [-0.05, 0) is 49.8 Å². The Morgan fingerprint density at radius 3 is 2.68 bits per heavy atom. The van der Waals surface area contributed by atoms with Gasteiger partial charge in [-0.3, -0.25) is 9.78 Å². The lowest BCUT2D eigenvalue weighted by Gasteiger charge is -2.34. The van der Waals surface area contributed by atoms with Crippen LogP contribution in [0.3, 0.4) is 0 Å². The summed E-state index contributed by atoms with van der Waals surface area (Å²) in [5, 5.41) is 7.50. The molecular formula is C23H27N5O3. The Morgan fingerprint density at radius 1 is 1.23 bits per heavy atom. The van der Waals surface area contributed by atoms with Crippen LogP contribution in [0.2, 0.25) is 0 Å². The van der Waals surface area contributed by atoms with E-state index in [1.54, 1.807) is 6.20 Å². The topological polar surface area (TPSA) is 103 Å². The van der Waals surface area contributed by atoms with Gasteiger partial charge in [-0.15, -0.1) is 0 Å². The standard InChI is InChI=1S/C23H27N5O3/c1-14(2)8-16-4-6-17(7-5-16)23-27-22(28-31-23)21-15(3)26-19(12-25-21)11-24-18-9-20(10-18)30-13-29/h4-7,12-14,18,20,24H,8-11H2,1-3H3. The van der Waals surface area contributed by atoms with Crippen LogP contribution in [0.4, 0.5) is 0 Å². The van der Waals surface area contributed by atoms with Gasteiger partial charge >= 0.3 is 0 Å². The van der Waals surface area contributed by atoms with Crippen LogP contribution in [0.25, 0.3) is 23.0 Å². The summed E-state index contributed by atoms with van der Waals surface area (Å²) in [4.78, 5) is 24.0. The molecule has 3 aromatic rings. The van der Waals surface area contributed by atoms with Crippen molar-refractivity contribution in [2.45, 2.75) is 58.7 Å². The molecule has 1 N–H and O–H groups in total. The Labute approximate surface area is 181 Å². The lowest BCUT2D eigenvalue weighted by atomic mass is 9.89. The molecule has 1 aromatic carbocycles. The zero-order valence-corrected chi connectivity index (χ0v) is 18.0. The van der Waals surface area contributed by atoms with Crippen molar-refractivity contribution in [1.82, 2.24) is 25.4 Å². The molecule has 0 radical (unpaired) electrons. The molecule has 1 fully saturated rings. The summed E-state index contributed by atoms with van der Waals surface area (Å²) < 4.78 is 10.4. The second kappa shape index (κ2) is 9.34. The van der Waals surface area contributed by atoms with Gasteiger partial charge in [0, 0.05) is 18.2 Å². The van der Waals surface area contributed by atoms with E-state index in [1.807, 2.05) is 19.1 Å². The van der Waals surface area contributed by atoms with Gasteiger partial charge in [0.2, 0.25) is 5.82 Å². The summed E-state index contributed by atoms with van der Waals surface area (Å²) >= 11 is 0. The SMILES string of the molecule is Cc1nc(CNC2CC(OC=O)C2)cnc1-c1noc(-c2ccc(CC(C)C)cc2)n1. The molecule has 162 valence electrons. The lowest BCUT2D eigenvalue weighted by Crippen LogP contribution is -2.45. The number of hydrogen-bond acceptors (Lipinski definition) is 8. The highest BCUT2D eigenvalue weighted by atomic mass is 16.5. The fourth-order valence-corrected chi connectivity index (χ4v) is 3.70. The molecule has 0 bridgehead atoms. The van der Waals surface area contributed by atoms with E-state index in [0.29, 0.717) is 42.4 Å². The molecule has 2 aromatic heterocycles. The summed E-state index contributed by atoms with van der Waals surface area (Å²) in [6.45, 7) is 7.42. The predicted molar refractivity (Wildman–Crippen MR) is 115 cm³/mol. The van der Waals surface area contributed by atoms with Crippen LogP contribution in [0.15, 0.2) is 35.0 Å². The Balaban J connectivity index is 1.39. The number of aromatic nitrogens is 4. The molecule has 0 aliphatic heterocycles. The van der Waals surface area contributed by atoms with Gasteiger partial charge in [0.1, 0.15) is 11.8 Å². The first-order valence-electron chi connectivity index (χ1n) is 10.6. The van der Waals surface area contributed by atoms with Gasteiger partial charge in [0.15, 0.2) is 0 Å². The maximum Gasteiger partial charge on any atom is 0.293 e. The van der Waals surface area contributed by atoms with Crippen LogP contribution in [0.1, 0.15) is 43.6 Å².